The molecule has 8 bridgehead atoms. The van der Waals surface area contributed by atoms with Crippen LogP contribution in [0.5, 0.6) is 0 Å². The Kier molecular flexibility index (Phi) is 3.71. The molecule has 2 N–H and O–H groups in total. The Balaban J connectivity index is 1.69. The monoisotopic (exact) mass is 387 g/mol. The number of H-pyrrole nitrogens is 2. The summed E-state index contributed by atoms with van der Waals surface area (Å²) in [4.78, 5) is 20.7. The third-order valence-corrected chi connectivity index (χ3v) is 5.14. The number of aromatic amines is 2. The summed E-state index contributed by atoms with van der Waals surface area (Å²) in [7, 11) is 0. The topological polar surface area (TPSA) is 70.2 Å². The Bertz CT molecular complexity index is 1490. The maximum absolute atomic E-state index is 4.75. The first-order chi connectivity index (χ1) is 14.8. The number of nitrogens with one attached hydrogen (secondary N) is 2. The third kappa shape index (κ3) is 3.12. The van der Waals surface area contributed by atoms with E-state index >= 15 is 0 Å². The van der Waals surface area contributed by atoms with Crippen LogP contribution in [0.3, 0.4) is 0 Å². The predicted octanol–water partition coefficient (Wildman–Crippen LogP) is 5.72. The maximum atomic E-state index is 4.75. The quantitative estimate of drug-likeness (QED) is 0.379. The highest BCUT2D eigenvalue weighted by Gasteiger charge is 2.07. The molecule has 142 valence electrons. The normalized spacial score (nSPS) is 12.4. The molecule has 5 heteroatoms. The van der Waals surface area contributed by atoms with E-state index < -0.39 is 0 Å². The van der Waals surface area contributed by atoms with Crippen LogP contribution in [0.15, 0.2) is 67.0 Å². The van der Waals surface area contributed by atoms with Crippen LogP contribution < -0.4 is 0 Å². The van der Waals surface area contributed by atoms with Crippen molar-refractivity contribution in [1.29, 1.82) is 0 Å². The lowest BCUT2D eigenvalue weighted by Crippen LogP contribution is -1.78. The molecule has 5 nitrogen and oxygen atoms in total. The van der Waals surface area contributed by atoms with E-state index in [9.17, 15) is 0 Å². The van der Waals surface area contributed by atoms with Gasteiger partial charge in [-0.1, -0.05) is 6.07 Å². The van der Waals surface area contributed by atoms with E-state index in [2.05, 4.69) is 51.4 Å². The number of rotatable bonds is 1. The van der Waals surface area contributed by atoms with Crippen molar-refractivity contribution < 1.29 is 0 Å². The number of hydrogen-bond acceptors (Lipinski definition) is 3. The van der Waals surface area contributed by atoms with E-state index in [-0.39, 0.29) is 0 Å². The van der Waals surface area contributed by atoms with E-state index in [1.54, 1.807) is 6.20 Å². The van der Waals surface area contributed by atoms with Crippen LogP contribution in [0.2, 0.25) is 0 Å². The number of nitrogens with zero attached hydrogens (tertiary/aromatic N) is 3. The summed E-state index contributed by atoms with van der Waals surface area (Å²) in [6.45, 7) is 0. The summed E-state index contributed by atoms with van der Waals surface area (Å²) in [5, 5.41) is 0. The average Bonchev–Trinajstić information content (AvgIpc) is 3.53. The smallest absolute Gasteiger partial charge is 0.0658 e. The van der Waals surface area contributed by atoms with Crippen LogP contribution in [-0.2, 0) is 0 Å². The van der Waals surface area contributed by atoms with E-state index in [0.717, 1.165) is 56.0 Å². The molecule has 2 aliphatic heterocycles. The lowest BCUT2D eigenvalue weighted by molar-refractivity contribution is 1.31. The summed E-state index contributed by atoms with van der Waals surface area (Å²) in [6.07, 6.45) is 11.8. The average molecular weight is 387 g/mol. The Hall–Kier alpha value is -4.25. The summed E-state index contributed by atoms with van der Waals surface area (Å²) in [5.41, 5.74) is 9.77. The molecule has 4 aromatic heterocycles. The molecule has 0 radical (unpaired) electrons. The standard InChI is InChI=1S/C25H17N5/c1-2-16(15-26-9-1)24-13-23-12-21-6-5-19(28-21)10-17-3-4-18(27-17)11-20-7-8-22(29-20)14-25(24)30-23/h1-15,27,30H. The lowest BCUT2D eigenvalue weighted by Gasteiger charge is -1.96. The van der Waals surface area contributed by atoms with Crippen LogP contribution in [0, 0.1) is 0 Å². The van der Waals surface area contributed by atoms with Gasteiger partial charge in [-0.15, -0.1) is 0 Å². The van der Waals surface area contributed by atoms with Crippen LogP contribution >= 0.6 is 0 Å². The first kappa shape index (κ1) is 16.7. The molecule has 0 saturated heterocycles. The minimum Gasteiger partial charge on any atom is -0.355 e. The van der Waals surface area contributed by atoms with Gasteiger partial charge in [-0.25, -0.2) is 9.97 Å². The second kappa shape index (κ2) is 6.67. The van der Waals surface area contributed by atoms with Crippen LogP contribution in [-0.4, -0.2) is 24.9 Å². The zero-order valence-corrected chi connectivity index (χ0v) is 16.0. The highest BCUT2D eigenvalue weighted by atomic mass is 14.8. The molecule has 4 aromatic rings. The van der Waals surface area contributed by atoms with Gasteiger partial charge in [0.15, 0.2) is 0 Å². The highest BCUT2D eigenvalue weighted by molar-refractivity contribution is 5.87. The molecule has 0 unspecified atom stereocenters. The van der Waals surface area contributed by atoms with E-state index in [1.807, 2.05) is 48.7 Å². The molecule has 0 atom stereocenters. The Labute approximate surface area is 172 Å². The van der Waals surface area contributed by atoms with Gasteiger partial charge < -0.3 is 9.97 Å². The number of pyridine rings is 1. The van der Waals surface area contributed by atoms with Gasteiger partial charge in [0, 0.05) is 45.6 Å². The summed E-state index contributed by atoms with van der Waals surface area (Å²) in [5.74, 6) is 0. The molecular formula is C25H17N5. The number of hydrogen-bond donors (Lipinski definition) is 2. The summed E-state index contributed by atoms with van der Waals surface area (Å²) in [6, 6.07) is 18.5. The summed E-state index contributed by atoms with van der Waals surface area (Å²) >= 11 is 0. The number of fused-ring (bicyclic) bond motifs is 8. The fourth-order valence-corrected chi connectivity index (χ4v) is 3.78. The van der Waals surface area contributed by atoms with Crippen molar-refractivity contribution in [3.05, 3.63) is 89.8 Å². The second-order valence-electron chi connectivity index (χ2n) is 7.33. The Morgan fingerprint density at radius 3 is 1.87 bits per heavy atom. The minimum absolute atomic E-state index is 0.902. The van der Waals surface area contributed by atoms with Crippen LogP contribution in [0.4, 0.5) is 0 Å². The largest absolute Gasteiger partial charge is 0.355 e. The minimum atomic E-state index is 0.902. The first-order valence-electron chi connectivity index (χ1n) is 9.77. The predicted molar refractivity (Wildman–Crippen MR) is 122 cm³/mol. The molecule has 0 aliphatic carbocycles. The lowest BCUT2D eigenvalue weighted by atomic mass is 10.1. The molecule has 0 saturated carbocycles. The SMILES string of the molecule is C1=Cc2cc3cc(-c4cccnc4)c(cc4nc(cc5ccc(cc1n2)[nH]5)C=C4)[nH]3. The zero-order valence-electron chi connectivity index (χ0n) is 16.0. The Morgan fingerprint density at radius 2 is 1.23 bits per heavy atom. The molecule has 6 rings (SSSR count). The van der Waals surface area contributed by atoms with Crippen molar-refractivity contribution in [2.24, 2.45) is 0 Å². The van der Waals surface area contributed by atoms with Gasteiger partial charge in [-0.05, 0) is 72.8 Å². The van der Waals surface area contributed by atoms with Gasteiger partial charge in [-0.3, -0.25) is 4.98 Å². The fourth-order valence-electron chi connectivity index (χ4n) is 3.78. The highest BCUT2D eigenvalue weighted by Crippen LogP contribution is 2.27. The van der Waals surface area contributed by atoms with E-state index in [1.165, 1.54) is 0 Å². The molecule has 0 amide bonds. The molecule has 0 aromatic carbocycles. The zero-order chi connectivity index (χ0) is 19.9. The molecular weight excluding hydrogens is 370 g/mol. The van der Waals surface area contributed by atoms with E-state index in [0.29, 0.717) is 0 Å². The van der Waals surface area contributed by atoms with Crippen molar-refractivity contribution in [2.45, 2.75) is 0 Å². The van der Waals surface area contributed by atoms with Gasteiger partial charge in [0.2, 0.25) is 0 Å². The fraction of sp³-hybridized carbons (Fsp3) is 0. The van der Waals surface area contributed by atoms with E-state index in [4.69, 9.17) is 9.97 Å². The third-order valence-electron chi connectivity index (χ3n) is 5.14. The van der Waals surface area contributed by atoms with Gasteiger partial charge in [0.05, 0.1) is 22.8 Å². The van der Waals surface area contributed by atoms with Gasteiger partial charge >= 0.3 is 0 Å². The van der Waals surface area contributed by atoms with Gasteiger partial charge in [0.25, 0.3) is 0 Å². The van der Waals surface area contributed by atoms with Gasteiger partial charge in [-0.2, -0.15) is 0 Å². The van der Waals surface area contributed by atoms with Crippen molar-refractivity contribution in [1.82, 2.24) is 24.9 Å². The van der Waals surface area contributed by atoms with Gasteiger partial charge in [0.1, 0.15) is 0 Å². The maximum Gasteiger partial charge on any atom is 0.0658 e. The van der Waals surface area contributed by atoms with Crippen molar-refractivity contribution >= 4 is 46.4 Å². The molecule has 30 heavy (non-hydrogen) atoms. The molecule has 2 aliphatic rings. The van der Waals surface area contributed by atoms with Crippen LogP contribution in [0.1, 0.15) is 22.8 Å². The van der Waals surface area contributed by atoms with Crippen molar-refractivity contribution in [3.63, 3.8) is 0 Å². The molecule has 0 fully saturated rings. The first-order valence-corrected chi connectivity index (χ1v) is 9.77. The molecule has 0 spiro atoms. The van der Waals surface area contributed by atoms with Crippen molar-refractivity contribution in [2.75, 3.05) is 0 Å². The summed E-state index contributed by atoms with van der Waals surface area (Å²) < 4.78 is 0. The Morgan fingerprint density at radius 1 is 0.600 bits per heavy atom. The molecule has 6 heterocycles. The second-order valence-corrected chi connectivity index (χ2v) is 7.33. The van der Waals surface area contributed by atoms with Crippen LogP contribution in [0.25, 0.3) is 57.5 Å². The van der Waals surface area contributed by atoms with Crippen molar-refractivity contribution in [3.8, 4) is 11.1 Å². The number of aromatic nitrogens is 5.